The first-order valence-electron chi connectivity index (χ1n) is 8.97. The number of unbranched alkanes of at least 4 members (excludes halogenated alkanes) is 1. The van der Waals surface area contributed by atoms with Gasteiger partial charge in [0, 0.05) is 11.8 Å². The van der Waals surface area contributed by atoms with E-state index in [-0.39, 0.29) is 5.41 Å². The Balaban J connectivity index is 2.08. The number of azo groups is 1. The van der Waals surface area contributed by atoms with Crippen LogP contribution in [0.1, 0.15) is 52.1 Å². The molecule has 7 heteroatoms. The summed E-state index contributed by atoms with van der Waals surface area (Å²) in [6.07, 6.45) is 3.07. The zero-order valence-electron chi connectivity index (χ0n) is 16.1. The minimum absolute atomic E-state index is 0.163. The second kappa shape index (κ2) is 7.27. The first kappa shape index (κ1) is 18.1. The summed E-state index contributed by atoms with van der Waals surface area (Å²) in [5, 5.41) is 21.2. The van der Waals surface area contributed by atoms with E-state index in [1.807, 2.05) is 28.8 Å². The lowest BCUT2D eigenvalue weighted by atomic mass is 9.91. The van der Waals surface area contributed by atoms with E-state index in [2.05, 4.69) is 48.1 Å². The predicted octanol–water partition coefficient (Wildman–Crippen LogP) is 5.12. The Morgan fingerprint density at radius 2 is 1.96 bits per heavy atom. The third-order valence-corrected chi connectivity index (χ3v) is 4.20. The van der Waals surface area contributed by atoms with Crippen molar-refractivity contribution in [3.8, 4) is 5.75 Å². The van der Waals surface area contributed by atoms with Crippen molar-refractivity contribution < 1.29 is 4.74 Å². The topological polar surface area (TPSA) is 79.9 Å². The summed E-state index contributed by atoms with van der Waals surface area (Å²) < 4.78 is 7.22. The molecule has 1 N–H and O–H groups in total. The molecule has 3 rings (SSSR count). The highest BCUT2D eigenvalue weighted by Crippen LogP contribution is 2.36. The number of ether oxygens (including phenoxy) is 1. The SMILES string of the molecule is CCCCc1n[nH]c2c(/N=N/c3ccccc3OC)c(C(C)(C)C)nn12. The van der Waals surface area contributed by atoms with Crippen LogP contribution in [-0.4, -0.2) is 26.9 Å². The molecule has 0 aliphatic heterocycles. The summed E-state index contributed by atoms with van der Waals surface area (Å²) >= 11 is 0. The molecule has 3 aromatic rings. The molecule has 7 nitrogen and oxygen atoms in total. The maximum Gasteiger partial charge on any atom is 0.179 e. The fraction of sp³-hybridized carbons (Fsp3) is 0.474. The van der Waals surface area contributed by atoms with Gasteiger partial charge in [0.05, 0.1) is 12.8 Å². The molecule has 0 aliphatic rings. The third kappa shape index (κ3) is 3.47. The number of hydrogen-bond donors (Lipinski definition) is 1. The first-order valence-corrected chi connectivity index (χ1v) is 8.97. The zero-order valence-corrected chi connectivity index (χ0v) is 16.1. The molecule has 26 heavy (non-hydrogen) atoms. The van der Waals surface area contributed by atoms with Crippen LogP contribution in [0.2, 0.25) is 0 Å². The second-order valence-electron chi connectivity index (χ2n) is 7.32. The van der Waals surface area contributed by atoms with Gasteiger partial charge in [-0.1, -0.05) is 46.2 Å². The van der Waals surface area contributed by atoms with Crippen molar-refractivity contribution in [3.05, 3.63) is 35.8 Å². The lowest BCUT2D eigenvalue weighted by Gasteiger charge is -2.15. The molecule has 2 heterocycles. The van der Waals surface area contributed by atoms with E-state index in [4.69, 9.17) is 9.84 Å². The lowest BCUT2D eigenvalue weighted by molar-refractivity contribution is 0.416. The third-order valence-electron chi connectivity index (χ3n) is 4.20. The van der Waals surface area contributed by atoms with Crippen LogP contribution in [0.5, 0.6) is 5.75 Å². The number of fused-ring (bicyclic) bond motifs is 1. The number of benzene rings is 1. The Morgan fingerprint density at radius 1 is 1.19 bits per heavy atom. The zero-order chi connectivity index (χ0) is 18.7. The van der Waals surface area contributed by atoms with Crippen molar-refractivity contribution in [2.45, 2.75) is 52.4 Å². The predicted molar refractivity (Wildman–Crippen MR) is 102 cm³/mol. The van der Waals surface area contributed by atoms with Crippen molar-refractivity contribution in [2.24, 2.45) is 10.2 Å². The Bertz CT molecular complexity index is 916. The molecule has 0 saturated carbocycles. The molecule has 0 atom stereocenters. The number of H-pyrrole nitrogens is 1. The second-order valence-corrected chi connectivity index (χ2v) is 7.32. The van der Waals surface area contributed by atoms with E-state index in [9.17, 15) is 0 Å². The number of aromatic nitrogens is 4. The van der Waals surface area contributed by atoms with Gasteiger partial charge in [-0.25, -0.2) is 0 Å². The first-order chi connectivity index (χ1) is 12.5. The monoisotopic (exact) mass is 354 g/mol. The molecule has 2 aromatic heterocycles. The van der Waals surface area contributed by atoms with Crippen LogP contribution in [0.4, 0.5) is 11.4 Å². The van der Waals surface area contributed by atoms with Crippen molar-refractivity contribution in [2.75, 3.05) is 7.11 Å². The minimum atomic E-state index is -0.163. The molecule has 0 aliphatic carbocycles. The van der Waals surface area contributed by atoms with Gasteiger partial charge in [0.2, 0.25) is 0 Å². The summed E-state index contributed by atoms with van der Waals surface area (Å²) in [7, 11) is 1.63. The maximum absolute atomic E-state index is 5.35. The van der Waals surface area contributed by atoms with Crippen LogP contribution in [0.15, 0.2) is 34.5 Å². The number of para-hydroxylation sites is 1. The highest BCUT2D eigenvalue weighted by Gasteiger charge is 2.26. The molecule has 0 bridgehead atoms. The Labute approximate surface area is 153 Å². The number of hydrogen-bond acceptors (Lipinski definition) is 5. The summed E-state index contributed by atoms with van der Waals surface area (Å²) in [4.78, 5) is 0. The fourth-order valence-electron chi connectivity index (χ4n) is 2.77. The van der Waals surface area contributed by atoms with Gasteiger partial charge in [-0.15, -0.1) is 10.2 Å². The van der Waals surface area contributed by atoms with Crippen LogP contribution >= 0.6 is 0 Å². The number of methoxy groups -OCH3 is 1. The number of nitrogens with zero attached hydrogens (tertiary/aromatic N) is 5. The molecule has 0 radical (unpaired) electrons. The molecule has 0 unspecified atom stereocenters. The largest absolute Gasteiger partial charge is 0.494 e. The summed E-state index contributed by atoms with van der Waals surface area (Å²) in [5.74, 6) is 1.61. The summed E-state index contributed by atoms with van der Waals surface area (Å²) in [5.41, 5.74) is 2.91. The van der Waals surface area contributed by atoms with Crippen molar-refractivity contribution in [1.29, 1.82) is 0 Å². The number of aryl methyl sites for hydroxylation is 1. The van der Waals surface area contributed by atoms with Gasteiger partial charge in [-0.05, 0) is 18.6 Å². The molecule has 0 saturated heterocycles. The molecular weight excluding hydrogens is 328 g/mol. The number of rotatable bonds is 6. The van der Waals surface area contributed by atoms with E-state index >= 15 is 0 Å². The van der Waals surface area contributed by atoms with Crippen LogP contribution < -0.4 is 4.74 Å². The molecular formula is C19H26N6O. The average molecular weight is 354 g/mol. The molecule has 138 valence electrons. The highest BCUT2D eigenvalue weighted by atomic mass is 16.5. The van der Waals surface area contributed by atoms with E-state index in [0.717, 1.165) is 42.1 Å². The maximum atomic E-state index is 5.35. The average Bonchev–Trinajstić information content (AvgIpc) is 3.17. The molecule has 1 aromatic carbocycles. The van der Waals surface area contributed by atoms with Crippen LogP contribution in [0.3, 0.4) is 0 Å². The highest BCUT2D eigenvalue weighted by molar-refractivity contribution is 5.68. The van der Waals surface area contributed by atoms with Gasteiger partial charge in [0.1, 0.15) is 11.4 Å². The Kier molecular flexibility index (Phi) is 5.06. The van der Waals surface area contributed by atoms with E-state index in [1.165, 1.54) is 0 Å². The van der Waals surface area contributed by atoms with Gasteiger partial charge >= 0.3 is 0 Å². The fourth-order valence-corrected chi connectivity index (χ4v) is 2.77. The van der Waals surface area contributed by atoms with Crippen LogP contribution in [0, 0.1) is 0 Å². The molecule has 0 fully saturated rings. The van der Waals surface area contributed by atoms with Crippen molar-refractivity contribution in [3.63, 3.8) is 0 Å². The van der Waals surface area contributed by atoms with Crippen molar-refractivity contribution in [1.82, 2.24) is 19.8 Å². The summed E-state index contributed by atoms with van der Waals surface area (Å²) in [6.45, 7) is 8.53. The Hall–Kier alpha value is -2.70. The van der Waals surface area contributed by atoms with Gasteiger partial charge in [0.25, 0.3) is 0 Å². The lowest BCUT2D eigenvalue weighted by Crippen LogP contribution is -2.13. The Morgan fingerprint density at radius 3 is 2.65 bits per heavy atom. The molecule has 0 amide bonds. The van der Waals surface area contributed by atoms with Crippen molar-refractivity contribution >= 4 is 17.0 Å². The normalized spacial score (nSPS) is 12.3. The van der Waals surface area contributed by atoms with E-state index < -0.39 is 0 Å². The van der Waals surface area contributed by atoms with E-state index in [0.29, 0.717) is 11.4 Å². The quantitative estimate of drug-likeness (QED) is 0.624. The number of aromatic amines is 1. The molecule has 0 spiro atoms. The van der Waals surface area contributed by atoms with Crippen LogP contribution in [-0.2, 0) is 11.8 Å². The van der Waals surface area contributed by atoms with Gasteiger partial charge in [-0.3, -0.25) is 5.10 Å². The van der Waals surface area contributed by atoms with Gasteiger partial charge < -0.3 is 4.74 Å². The number of nitrogens with one attached hydrogen (secondary N) is 1. The van der Waals surface area contributed by atoms with Crippen LogP contribution in [0.25, 0.3) is 5.65 Å². The summed E-state index contributed by atoms with van der Waals surface area (Å²) in [6, 6.07) is 7.56. The minimum Gasteiger partial charge on any atom is -0.494 e. The standard InChI is InChI=1S/C19H26N6O/c1-6-7-12-15-21-23-18-16(17(19(2,3)4)24-25(15)18)22-20-13-10-8-9-11-14(13)26-5/h8-11,23H,6-7,12H2,1-5H3/b22-20+. The van der Waals surface area contributed by atoms with Gasteiger partial charge in [-0.2, -0.15) is 14.7 Å². The smallest absolute Gasteiger partial charge is 0.179 e. The van der Waals surface area contributed by atoms with Gasteiger partial charge in [0.15, 0.2) is 17.2 Å². The van der Waals surface area contributed by atoms with E-state index in [1.54, 1.807) is 7.11 Å².